The predicted octanol–water partition coefficient (Wildman–Crippen LogP) is 4.14. The Kier molecular flexibility index (Phi) is 3.97. The van der Waals surface area contributed by atoms with Crippen LogP contribution in [-0.2, 0) is 0 Å². The van der Waals surface area contributed by atoms with Crippen LogP contribution in [0.3, 0.4) is 0 Å². The largest absolute Gasteiger partial charge is 0.478 e. The van der Waals surface area contributed by atoms with Gasteiger partial charge in [0.2, 0.25) is 0 Å². The first-order chi connectivity index (χ1) is 10.2. The first kappa shape index (κ1) is 14.1. The maximum Gasteiger partial charge on any atom is 0.338 e. The molecule has 1 fully saturated rings. The molecule has 0 aliphatic carbocycles. The van der Waals surface area contributed by atoms with Crippen molar-refractivity contribution in [1.29, 1.82) is 0 Å². The lowest BCUT2D eigenvalue weighted by atomic mass is 9.99. The van der Waals surface area contributed by atoms with Crippen LogP contribution in [0.15, 0.2) is 53.0 Å². The van der Waals surface area contributed by atoms with Crippen molar-refractivity contribution in [3.05, 3.63) is 64.1 Å². The monoisotopic (exact) mass is 345 g/mol. The van der Waals surface area contributed by atoms with Crippen molar-refractivity contribution >= 4 is 27.6 Å². The van der Waals surface area contributed by atoms with Gasteiger partial charge in [0.15, 0.2) is 0 Å². The number of benzene rings is 2. The highest BCUT2D eigenvalue weighted by Gasteiger charge is 2.27. The number of rotatable bonds is 3. The highest BCUT2D eigenvalue weighted by atomic mass is 79.9. The molecule has 0 aromatic heterocycles. The highest BCUT2D eigenvalue weighted by Crippen LogP contribution is 2.34. The molecular formula is C17H16BrNO2. The average molecular weight is 346 g/mol. The lowest BCUT2D eigenvalue weighted by molar-refractivity contribution is 0.0696. The van der Waals surface area contributed by atoms with Crippen LogP contribution in [0.5, 0.6) is 0 Å². The Labute approximate surface area is 132 Å². The molecule has 1 heterocycles. The second-order valence-electron chi connectivity index (χ2n) is 5.28. The maximum atomic E-state index is 11.5. The quantitative estimate of drug-likeness (QED) is 0.908. The molecule has 1 atom stereocenters. The smallest absolute Gasteiger partial charge is 0.338 e. The zero-order valence-corrected chi connectivity index (χ0v) is 13.1. The summed E-state index contributed by atoms with van der Waals surface area (Å²) < 4.78 is 0.635. The minimum atomic E-state index is -0.888. The van der Waals surface area contributed by atoms with E-state index in [2.05, 4.69) is 45.1 Å². The first-order valence-corrected chi connectivity index (χ1v) is 7.78. The van der Waals surface area contributed by atoms with Crippen LogP contribution in [0.1, 0.15) is 28.3 Å². The molecule has 0 spiro atoms. The zero-order valence-electron chi connectivity index (χ0n) is 11.5. The van der Waals surface area contributed by atoms with Crippen molar-refractivity contribution in [2.45, 2.75) is 12.3 Å². The highest BCUT2D eigenvalue weighted by molar-refractivity contribution is 9.10. The van der Waals surface area contributed by atoms with E-state index in [9.17, 15) is 9.90 Å². The van der Waals surface area contributed by atoms with Gasteiger partial charge in [-0.2, -0.15) is 0 Å². The summed E-state index contributed by atoms with van der Waals surface area (Å²) >= 11 is 3.35. The third-order valence-corrected chi connectivity index (χ3v) is 4.67. The van der Waals surface area contributed by atoms with E-state index < -0.39 is 5.97 Å². The standard InChI is InChI=1S/C17H16BrNO2/c18-14-7-4-8-15(16(14)17(20)21)19-10-9-13(11-19)12-5-2-1-3-6-12/h1-8,13H,9-11H2,(H,20,21). The third kappa shape index (κ3) is 2.81. The molecule has 2 aromatic carbocycles. The van der Waals surface area contributed by atoms with Crippen molar-refractivity contribution in [2.75, 3.05) is 18.0 Å². The Balaban J connectivity index is 1.87. The number of aromatic carboxylic acids is 1. The van der Waals surface area contributed by atoms with Crippen LogP contribution < -0.4 is 4.90 Å². The fourth-order valence-corrected chi connectivity index (χ4v) is 3.49. The van der Waals surface area contributed by atoms with E-state index in [0.29, 0.717) is 16.0 Å². The molecule has 0 bridgehead atoms. The lowest BCUT2D eigenvalue weighted by Crippen LogP contribution is -2.22. The number of hydrogen-bond acceptors (Lipinski definition) is 2. The van der Waals surface area contributed by atoms with Crippen LogP contribution in [0.4, 0.5) is 5.69 Å². The Morgan fingerprint density at radius 2 is 1.90 bits per heavy atom. The van der Waals surface area contributed by atoms with Gasteiger partial charge in [0.1, 0.15) is 0 Å². The molecule has 108 valence electrons. The molecule has 1 saturated heterocycles. The lowest BCUT2D eigenvalue weighted by Gasteiger charge is -2.21. The molecule has 0 saturated carbocycles. The summed E-state index contributed by atoms with van der Waals surface area (Å²) in [4.78, 5) is 13.7. The van der Waals surface area contributed by atoms with E-state index in [1.54, 1.807) is 6.07 Å². The van der Waals surface area contributed by atoms with Crippen molar-refractivity contribution in [3.63, 3.8) is 0 Å². The number of carboxylic acids is 1. The van der Waals surface area contributed by atoms with E-state index >= 15 is 0 Å². The number of carboxylic acid groups (broad SMARTS) is 1. The van der Waals surface area contributed by atoms with Gasteiger partial charge in [0, 0.05) is 23.5 Å². The molecule has 3 rings (SSSR count). The number of carbonyl (C=O) groups is 1. The molecule has 4 heteroatoms. The van der Waals surface area contributed by atoms with Crippen molar-refractivity contribution in [2.24, 2.45) is 0 Å². The summed E-state index contributed by atoms with van der Waals surface area (Å²) in [7, 11) is 0. The SMILES string of the molecule is O=C(O)c1c(Br)cccc1N1CCC(c2ccccc2)C1. The molecular weight excluding hydrogens is 330 g/mol. The van der Waals surface area contributed by atoms with Crippen LogP contribution in [0.25, 0.3) is 0 Å². The van der Waals surface area contributed by atoms with Crippen molar-refractivity contribution < 1.29 is 9.90 Å². The number of halogens is 1. The summed E-state index contributed by atoms with van der Waals surface area (Å²) in [6.07, 6.45) is 1.05. The van der Waals surface area contributed by atoms with Gasteiger partial charge < -0.3 is 10.0 Å². The molecule has 1 aliphatic heterocycles. The van der Waals surface area contributed by atoms with Gasteiger partial charge in [-0.25, -0.2) is 4.79 Å². The van der Waals surface area contributed by atoms with E-state index in [1.807, 2.05) is 18.2 Å². The molecule has 1 unspecified atom stereocenters. The van der Waals surface area contributed by atoms with Gasteiger partial charge in [-0.05, 0) is 40.0 Å². The number of hydrogen-bond donors (Lipinski definition) is 1. The second-order valence-corrected chi connectivity index (χ2v) is 6.14. The van der Waals surface area contributed by atoms with Gasteiger partial charge >= 0.3 is 5.97 Å². The minimum Gasteiger partial charge on any atom is -0.478 e. The van der Waals surface area contributed by atoms with Gasteiger partial charge in [0.05, 0.1) is 11.3 Å². The van der Waals surface area contributed by atoms with E-state index in [0.717, 1.165) is 25.2 Å². The zero-order chi connectivity index (χ0) is 14.8. The Morgan fingerprint density at radius 1 is 1.14 bits per heavy atom. The summed E-state index contributed by atoms with van der Waals surface area (Å²) in [5.41, 5.74) is 2.48. The fourth-order valence-electron chi connectivity index (χ4n) is 2.96. The van der Waals surface area contributed by atoms with Gasteiger partial charge in [-0.3, -0.25) is 0 Å². The summed E-state index contributed by atoms with van der Waals surface area (Å²) in [5.74, 6) is -0.424. The van der Waals surface area contributed by atoms with Crippen LogP contribution in [0.2, 0.25) is 0 Å². The molecule has 2 aromatic rings. The van der Waals surface area contributed by atoms with Crippen LogP contribution >= 0.6 is 15.9 Å². The molecule has 0 amide bonds. The predicted molar refractivity (Wildman–Crippen MR) is 87.1 cm³/mol. The normalized spacial score (nSPS) is 18.0. The topological polar surface area (TPSA) is 40.5 Å². The van der Waals surface area contributed by atoms with Crippen molar-refractivity contribution in [3.8, 4) is 0 Å². The molecule has 0 radical (unpaired) electrons. The molecule has 1 aliphatic rings. The fraction of sp³-hybridized carbons (Fsp3) is 0.235. The summed E-state index contributed by atoms with van der Waals surface area (Å²) in [6.45, 7) is 1.75. The molecule has 1 N–H and O–H groups in total. The second kappa shape index (κ2) is 5.90. The molecule has 21 heavy (non-hydrogen) atoms. The van der Waals surface area contributed by atoms with Crippen LogP contribution in [0, 0.1) is 0 Å². The van der Waals surface area contributed by atoms with E-state index in [1.165, 1.54) is 5.56 Å². The average Bonchev–Trinajstić information content (AvgIpc) is 2.97. The minimum absolute atomic E-state index is 0.353. The first-order valence-electron chi connectivity index (χ1n) is 6.98. The Hall–Kier alpha value is -1.81. The maximum absolute atomic E-state index is 11.5. The van der Waals surface area contributed by atoms with E-state index in [4.69, 9.17) is 0 Å². The Morgan fingerprint density at radius 3 is 2.62 bits per heavy atom. The van der Waals surface area contributed by atoms with Crippen LogP contribution in [-0.4, -0.2) is 24.2 Å². The van der Waals surface area contributed by atoms with E-state index in [-0.39, 0.29) is 0 Å². The van der Waals surface area contributed by atoms with Gasteiger partial charge in [-0.1, -0.05) is 36.4 Å². The summed E-state index contributed by atoms with van der Waals surface area (Å²) in [5, 5.41) is 9.43. The third-order valence-electron chi connectivity index (χ3n) is 4.01. The van der Waals surface area contributed by atoms with Gasteiger partial charge in [-0.15, -0.1) is 0 Å². The number of anilines is 1. The Bertz CT molecular complexity index is 657. The van der Waals surface area contributed by atoms with Gasteiger partial charge in [0.25, 0.3) is 0 Å². The number of nitrogens with zero attached hydrogens (tertiary/aromatic N) is 1. The van der Waals surface area contributed by atoms with Crippen molar-refractivity contribution in [1.82, 2.24) is 0 Å². The summed E-state index contributed by atoms with van der Waals surface area (Å²) in [6, 6.07) is 16.0. The molecule has 3 nitrogen and oxygen atoms in total.